The fourth-order valence-corrected chi connectivity index (χ4v) is 2.75. The second-order valence-corrected chi connectivity index (χ2v) is 6.51. The van der Waals surface area contributed by atoms with Crippen molar-refractivity contribution in [3.8, 4) is 0 Å². The Bertz CT molecular complexity index is 869. The zero-order chi connectivity index (χ0) is 18.5. The lowest BCUT2D eigenvalue weighted by molar-refractivity contribution is 0.102. The van der Waals surface area contributed by atoms with Crippen molar-refractivity contribution in [2.75, 3.05) is 10.6 Å². The number of hydrogen-bond acceptors (Lipinski definition) is 4. The van der Waals surface area contributed by atoms with Gasteiger partial charge < -0.3 is 15.1 Å². The predicted molar refractivity (Wildman–Crippen MR) is 103 cm³/mol. The first-order valence-electron chi connectivity index (χ1n) is 8.67. The third-order valence-electron chi connectivity index (χ3n) is 4.21. The number of carbonyl (C=O) groups is 1. The molecule has 2 N–H and O–H groups in total. The number of carbonyl (C=O) groups excluding carboxylic acids is 1. The number of nitrogens with zero attached hydrogens (tertiary/aromatic N) is 1. The summed E-state index contributed by atoms with van der Waals surface area (Å²) in [6, 6.07) is 13.4. The molecule has 134 valence electrons. The highest BCUT2D eigenvalue weighted by Gasteiger charge is 2.14. The van der Waals surface area contributed by atoms with Crippen LogP contribution in [0.25, 0.3) is 0 Å². The second-order valence-electron chi connectivity index (χ2n) is 6.51. The van der Waals surface area contributed by atoms with E-state index in [-0.39, 0.29) is 5.91 Å². The average Bonchev–Trinajstić information content (AvgIpc) is 3.15. The first-order chi connectivity index (χ1) is 12.5. The molecule has 1 aromatic carbocycles. The zero-order valence-corrected chi connectivity index (χ0v) is 15.2. The highest BCUT2D eigenvalue weighted by Crippen LogP contribution is 2.27. The third-order valence-corrected chi connectivity index (χ3v) is 4.21. The third kappa shape index (κ3) is 4.11. The van der Waals surface area contributed by atoms with E-state index in [0.29, 0.717) is 18.2 Å². The van der Waals surface area contributed by atoms with Crippen LogP contribution < -0.4 is 10.6 Å². The molecular formula is C21H23N3O2. The van der Waals surface area contributed by atoms with E-state index in [1.54, 1.807) is 18.5 Å². The standard InChI is InChI=1S/C21H23N3O2/c1-14(2)18-8-4-6-15(3)20(18)24-21(25)19-10-9-16(12-23-19)22-13-17-7-5-11-26-17/h4-12,14,22H,13H2,1-3H3,(H,24,25). The summed E-state index contributed by atoms with van der Waals surface area (Å²) in [5.74, 6) is 0.956. The number of pyridine rings is 1. The SMILES string of the molecule is Cc1cccc(C(C)C)c1NC(=O)c1ccc(NCc2ccco2)cn1. The fourth-order valence-electron chi connectivity index (χ4n) is 2.75. The number of anilines is 2. The summed E-state index contributed by atoms with van der Waals surface area (Å²) in [6.07, 6.45) is 3.29. The Hall–Kier alpha value is -3.08. The Kier molecular flexibility index (Phi) is 5.37. The second kappa shape index (κ2) is 7.87. The molecule has 0 atom stereocenters. The number of amides is 1. The molecule has 0 spiro atoms. The molecular weight excluding hydrogens is 326 g/mol. The molecule has 1 amide bonds. The van der Waals surface area contributed by atoms with Crippen LogP contribution in [0, 0.1) is 6.92 Å². The Morgan fingerprint density at radius 3 is 2.65 bits per heavy atom. The average molecular weight is 349 g/mol. The highest BCUT2D eigenvalue weighted by atomic mass is 16.3. The molecule has 5 heteroatoms. The minimum Gasteiger partial charge on any atom is -0.467 e. The van der Waals surface area contributed by atoms with Gasteiger partial charge in [0, 0.05) is 5.69 Å². The number of para-hydroxylation sites is 1. The van der Waals surface area contributed by atoms with Gasteiger partial charge in [0.1, 0.15) is 11.5 Å². The van der Waals surface area contributed by atoms with Crippen molar-refractivity contribution in [1.82, 2.24) is 4.98 Å². The Labute approximate surface area is 153 Å². The maximum absolute atomic E-state index is 12.6. The summed E-state index contributed by atoms with van der Waals surface area (Å²) < 4.78 is 5.28. The van der Waals surface area contributed by atoms with Gasteiger partial charge in [0.25, 0.3) is 5.91 Å². The molecule has 5 nitrogen and oxygen atoms in total. The van der Waals surface area contributed by atoms with Crippen LogP contribution in [-0.2, 0) is 6.54 Å². The van der Waals surface area contributed by atoms with Gasteiger partial charge in [-0.1, -0.05) is 32.0 Å². The maximum Gasteiger partial charge on any atom is 0.274 e. The van der Waals surface area contributed by atoms with Crippen LogP contribution in [0.2, 0.25) is 0 Å². The van der Waals surface area contributed by atoms with Crippen molar-refractivity contribution in [2.24, 2.45) is 0 Å². The number of hydrogen-bond donors (Lipinski definition) is 2. The monoisotopic (exact) mass is 349 g/mol. The van der Waals surface area contributed by atoms with E-state index in [4.69, 9.17) is 4.42 Å². The summed E-state index contributed by atoms with van der Waals surface area (Å²) in [4.78, 5) is 16.9. The van der Waals surface area contributed by atoms with Gasteiger partial charge in [-0.2, -0.15) is 0 Å². The molecule has 0 radical (unpaired) electrons. The van der Waals surface area contributed by atoms with E-state index in [9.17, 15) is 4.79 Å². The number of furan rings is 1. The van der Waals surface area contributed by atoms with E-state index in [1.165, 1.54) is 0 Å². The van der Waals surface area contributed by atoms with E-state index in [1.807, 2.05) is 43.3 Å². The highest BCUT2D eigenvalue weighted by molar-refractivity contribution is 6.03. The maximum atomic E-state index is 12.6. The van der Waals surface area contributed by atoms with E-state index in [0.717, 1.165) is 28.3 Å². The predicted octanol–water partition coefficient (Wildman–Crippen LogP) is 4.97. The van der Waals surface area contributed by atoms with Crippen molar-refractivity contribution in [3.63, 3.8) is 0 Å². The lowest BCUT2D eigenvalue weighted by atomic mass is 9.98. The van der Waals surface area contributed by atoms with Crippen molar-refractivity contribution >= 4 is 17.3 Å². The van der Waals surface area contributed by atoms with Crippen LogP contribution in [0.4, 0.5) is 11.4 Å². The van der Waals surface area contributed by atoms with Gasteiger partial charge in [-0.15, -0.1) is 0 Å². The molecule has 26 heavy (non-hydrogen) atoms. The quantitative estimate of drug-likeness (QED) is 0.659. The molecule has 0 fully saturated rings. The van der Waals surface area contributed by atoms with Crippen LogP contribution >= 0.6 is 0 Å². The van der Waals surface area contributed by atoms with Crippen LogP contribution in [0.1, 0.15) is 47.1 Å². The van der Waals surface area contributed by atoms with Crippen LogP contribution in [0.5, 0.6) is 0 Å². The summed E-state index contributed by atoms with van der Waals surface area (Å²) in [7, 11) is 0. The largest absolute Gasteiger partial charge is 0.467 e. The van der Waals surface area contributed by atoms with Crippen LogP contribution in [0.15, 0.2) is 59.3 Å². The van der Waals surface area contributed by atoms with Crippen molar-refractivity contribution in [2.45, 2.75) is 33.2 Å². The van der Waals surface area contributed by atoms with Crippen molar-refractivity contribution in [3.05, 3.63) is 77.5 Å². The Morgan fingerprint density at radius 1 is 1.15 bits per heavy atom. The number of aromatic nitrogens is 1. The van der Waals surface area contributed by atoms with Gasteiger partial charge in [0.05, 0.1) is 24.7 Å². The van der Waals surface area contributed by atoms with Gasteiger partial charge in [-0.3, -0.25) is 4.79 Å². The Morgan fingerprint density at radius 2 is 2.00 bits per heavy atom. The Balaban J connectivity index is 1.69. The summed E-state index contributed by atoms with van der Waals surface area (Å²) in [6.45, 7) is 6.79. The topological polar surface area (TPSA) is 67.2 Å². The van der Waals surface area contributed by atoms with Gasteiger partial charge in [0.2, 0.25) is 0 Å². The molecule has 0 aliphatic carbocycles. The smallest absolute Gasteiger partial charge is 0.274 e. The molecule has 0 saturated carbocycles. The minimum atomic E-state index is -0.209. The van der Waals surface area contributed by atoms with E-state index in [2.05, 4.69) is 29.5 Å². The lowest BCUT2D eigenvalue weighted by Gasteiger charge is -2.16. The molecule has 0 saturated heterocycles. The van der Waals surface area contributed by atoms with Gasteiger partial charge >= 0.3 is 0 Å². The molecule has 0 aliphatic rings. The first kappa shape index (κ1) is 17.7. The van der Waals surface area contributed by atoms with Crippen LogP contribution in [-0.4, -0.2) is 10.9 Å². The van der Waals surface area contributed by atoms with Gasteiger partial charge in [0.15, 0.2) is 0 Å². The normalized spacial score (nSPS) is 10.8. The van der Waals surface area contributed by atoms with Crippen molar-refractivity contribution < 1.29 is 9.21 Å². The number of benzene rings is 1. The van der Waals surface area contributed by atoms with E-state index < -0.39 is 0 Å². The van der Waals surface area contributed by atoms with Gasteiger partial charge in [-0.05, 0) is 48.2 Å². The molecule has 0 aliphatic heterocycles. The molecule has 0 unspecified atom stereocenters. The fraction of sp³-hybridized carbons (Fsp3) is 0.238. The molecule has 3 rings (SSSR count). The summed E-state index contributed by atoms with van der Waals surface area (Å²) in [5, 5.41) is 6.22. The molecule has 0 bridgehead atoms. The molecule has 3 aromatic rings. The molecule has 2 aromatic heterocycles. The summed E-state index contributed by atoms with van der Waals surface area (Å²) >= 11 is 0. The molecule has 2 heterocycles. The first-order valence-corrected chi connectivity index (χ1v) is 8.67. The number of rotatable bonds is 6. The number of nitrogens with one attached hydrogen (secondary N) is 2. The lowest BCUT2D eigenvalue weighted by Crippen LogP contribution is -2.16. The van der Waals surface area contributed by atoms with Crippen molar-refractivity contribution in [1.29, 1.82) is 0 Å². The summed E-state index contributed by atoms with van der Waals surface area (Å²) in [5.41, 5.74) is 4.24. The zero-order valence-electron chi connectivity index (χ0n) is 15.2. The minimum absolute atomic E-state index is 0.209. The van der Waals surface area contributed by atoms with Crippen LogP contribution in [0.3, 0.4) is 0 Å². The van der Waals surface area contributed by atoms with Gasteiger partial charge in [-0.25, -0.2) is 4.98 Å². The number of aryl methyl sites for hydroxylation is 1. The van der Waals surface area contributed by atoms with E-state index >= 15 is 0 Å².